The van der Waals surface area contributed by atoms with Gasteiger partial charge in [0, 0.05) is 11.6 Å². The number of hydrogen-bond donors (Lipinski definition) is 1. The van der Waals surface area contributed by atoms with Crippen molar-refractivity contribution in [1.82, 2.24) is 5.32 Å². The molecule has 32 heavy (non-hydrogen) atoms. The molecule has 0 fully saturated rings. The number of amides is 1. The van der Waals surface area contributed by atoms with E-state index in [0.29, 0.717) is 17.7 Å². The van der Waals surface area contributed by atoms with Crippen molar-refractivity contribution in [3.63, 3.8) is 0 Å². The molecule has 0 spiro atoms. The van der Waals surface area contributed by atoms with Crippen molar-refractivity contribution in [3.05, 3.63) is 89.5 Å². The standard InChI is InChI=1S/C25H26N2O4S/c1-17-15-21-16-20(25(28)26-18(2)19-9-12-22(31-3)13-10-19)11-14-24(21)27(17)32(29,30)23-7-5-4-6-8-23/h4-14,16-18H,15H2,1-3H3,(H,26,28)/t17-,18+/m1/s1. The van der Waals surface area contributed by atoms with Gasteiger partial charge in [0.05, 0.1) is 23.7 Å². The topological polar surface area (TPSA) is 75.7 Å². The number of sulfonamides is 1. The fraction of sp³-hybridized carbons (Fsp3) is 0.240. The summed E-state index contributed by atoms with van der Waals surface area (Å²) in [6.45, 7) is 3.80. The highest BCUT2D eigenvalue weighted by atomic mass is 32.2. The Kier molecular flexibility index (Phi) is 5.93. The minimum Gasteiger partial charge on any atom is -0.497 e. The molecule has 2 atom stereocenters. The predicted octanol–water partition coefficient (Wildman–Crippen LogP) is 4.33. The summed E-state index contributed by atoms with van der Waals surface area (Å²) in [4.78, 5) is 13.1. The second-order valence-electron chi connectivity index (χ2n) is 7.98. The lowest BCUT2D eigenvalue weighted by molar-refractivity contribution is 0.0940. The van der Waals surface area contributed by atoms with Crippen LogP contribution in [0.1, 0.15) is 41.4 Å². The van der Waals surface area contributed by atoms with Crippen LogP contribution in [0.2, 0.25) is 0 Å². The molecule has 4 rings (SSSR count). The molecule has 0 radical (unpaired) electrons. The maximum absolute atomic E-state index is 13.2. The quantitative estimate of drug-likeness (QED) is 0.607. The SMILES string of the molecule is COc1ccc([C@H](C)NC(=O)c2ccc3c(c2)C[C@@H](C)N3S(=O)(=O)c2ccccc2)cc1. The van der Waals surface area contributed by atoms with Crippen LogP contribution in [-0.4, -0.2) is 27.5 Å². The van der Waals surface area contributed by atoms with Gasteiger partial charge >= 0.3 is 0 Å². The molecule has 0 aliphatic carbocycles. The zero-order valence-corrected chi connectivity index (χ0v) is 19.1. The smallest absolute Gasteiger partial charge is 0.264 e. The van der Waals surface area contributed by atoms with Gasteiger partial charge in [-0.05, 0) is 73.9 Å². The molecule has 6 nitrogen and oxygen atoms in total. The number of carbonyl (C=O) groups is 1. The first-order chi connectivity index (χ1) is 15.3. The molecule has 1 amide bonds. The number of rotatable bonds is 6. The summed E-state index contributed by atoms with van der Waals surface area (Å²) in [5.41, 5.74) is 2.95. The minimum absolute atomic E-state index is 0.185. The van der Waals surface area contributed by atoms with Crippen LogP contribution in [0.4, 0.5) is 5.69 Å². The van der Waals surface area contributed by atoms with Crippen LogP contribution in [0.5, 0.6) is 5.75 Å². The van der Waals surface area contributed by atoms with E-state index >= 15 is 0 Å². The highest BCUT2D eigenvalue weighted by molar-refractivity contribution is 7.92. The molecule has 0 saturated carbocycles. The normalized spacial score (nSPS) is 16.3. The van der Waals surface area contributed by atoms with E-state index in [1.807, 2.05) is 38.1 Å². The average Bonchev–Trinajstić information content (AvgIpc) is 3.15. The third-order valence-corrected chi connectivity index (χ3v) is 7.70. The molecule has 166 valence electrons. The third kappa shape index (κ3) is 4.08. The van der Waals surface area contributed by atoms with Crippen LogP contribution < -0.4 is 14.4 Å². The Hall–Kier alpha value is -3.32. The molecule has 0 unspecified atom stereocenters. The average molecular weight is 451 g/mol. The molecule has 1 N–H and O–H groups in total. The van der Waals surface area contributed by atoms with Crippen molar-refractivity contribution < 1.29 is 17.9 Å². The first-order valence-corrected chi connectivity index (χ1v) is 11.9. The second-order valence-corrected chi connectivity index (χ2v) is 9.79. The van der Waals surface area contributed by atoms with Crippen molar-refractivity contribution in [1.29, 1.82) is 0 Å². The monoisotopic (exact) mass is 450 g/mol. The lowest BCUT2D eigenvalue weighted by Crippen LogP contribution is -2.35. The van der Waals surface area contributed by atoms with Gasteiger partial charge in [-0.25, -0.2) is 8.42 Å². The van der Waals surface area contributed by atoms with E-state index in [4.69, 9.17) is 4.74 Å². The Morgan fingerprint density at radius 2 is 1.75 bits per heavy atom. The van der Waals surface area contributed by atoms with Gasteiger partial charge in [-0.3, -0.25) is 9.10 Å². The van der Waals surface area contributed by atoms with Crippen molar-refractivity contribution in [2.45, 2.75) is 37.2 Å². The number of methoxy groups -OCH3 is 1. The summed E-state index contributed by atoms with van der Waals surface area (Å²) in [6, 6.07) is 20.8. The first kappa shape index (κ1) is 21.9. The zero-order chi connectivity index (χ0) is 22.9. The molecule has 3 aromatic carbocycles. The summed E-state index contributed by atoms with van der Waals surface area (Å²) < 4.78 is 33.1. The van der Waals surface area contributed by atoms with Gasteiger partial charge in [0.15, 0.2) is 0 Å². The van der Waals surface area contributed by atoms with Crippen molar-refractivity contribution >= 4 is 21.6 Å². The minimum atomic E-state index is -3.67. The zero-order valence-electron chi connectivity index (χ0n) is 18.3. The molecule has 1 heterocycles. The number of ether oxygens (including phenoxy) is 1. The van der Waals surface area contributed by atoms with Gasteiger partial charge in [-0.2, -0.15) is 0 Å². The van der Waals surface area contributed by atoms with Gasteiger partial charge in [0.1, 0.15) is 5.75 Å². The van der Waals surface area contributed by atoms with Crippen molar-refractivity contribution in [2.75, 3.05) is 11.4 Å². The number of hydrogen-bond acceptors (Lipinski definition) is 4. The predicted molar refractivity (Wildman–Crippen MR) is 125 cm³/mol. The molecule has 0 saturated heterocycles. The van der Waals surface area contributed by atoms with Crippen LogP contribution in [0.3, 0.4) is 0 Å². The van der Waals surface area contributed by atoms with Crippen LogP contribution in [0, 0.1) is 0 Å². The number of fused-ring (bicyclic) bond motifs is 1. The van der Waals surface area contributed by atoms with Crippen LogP contribution >= 0.6 is 0 Å². The lowest BCUT2D eigenvalue weighted by atomic mass is 10.0. The first-order valence-electron chi connectivity index (χ1n) is 10.5. The van der Waals surface area contributed by atoms with Crippen LogP contribution in [0.15, 0.2) is 77.7 Å². The maximum atomic E-state index is 13.2. The number of carbonyl (C=O) groups excluding carboxylic acids is 1. The molecule has 0 bridgehead atoms. The number of anilines is 1. The number of benzene rings is 3. The van der Waals surface area contributed by atoms with Crippen molar-refractivity contribution in [2.24, 2.45) is 0 Å². The summed E-state index contributed by atoms with van der Waals surface area (Å²) >= 11 is 0. The molecular formula is C25H26N2O4S. The highest BCUT2D eigenvalue weighted by Crippen LogP contribution is 2.37. The largest absolute Gasteiger partial charge is 0.497 e. The molecule has 1 aliphatic heterocycles. The summed E-state index contributed by atoms with van der Waals surface area (Å²) in [5.74, 6) is 0.558. The van der Waals surface area contributed by atoms with E-state index in [0.717, 1.165) is 16.9 Å². The Morgan fingerprint density at radius 3 is 2.41 bits per heavy atom. The van der Waals surface area contributed by atoms with Gasteiger partial charge in [-0.1, -0.05) is 30.3 Å². The summed E-state index contributed by atoms with van der Waals surface area (Å²) in [6.07, 6.45) is 0.552. The molecule has 1 aliphatic rings. The highest BCUT2D eigenvalue weighted by Gasteiger charge is 2.36. The Bertz CT molecular complexity index is 1220. The van der Waals surface area contributed by atoms with E-state index in [9.17, 15) is 13.2 Å². The summed E-state index contributed by atoms with van der Waals surface area (Å²) in [5, 5.41) is 3.01. The van der Waals surface area contributed by atoms with Gasteiger partial charge in [-0.15, -0.1) is 0 Å². The summed E-state index contributed by atoms with van der Waals surface area (Å²) in [7, 11) is -2.06. The number of nitrogens with zero attached hydrogens (tertiary/aromatic N) is 1. The van der Waals surface area contributed by atoms with Gasteiger partial charge in [0.2, 0.25) is 0 Å². The van der Waals surface area contributed by atoms with E-state index < -0.39 is 10.0 Å². The van der Waals surface area contributed by atoms with E-state index in [1.54, 1.807) is 55.6 Å². The van der Waals surface area contributed by atoms with Crippen LogP contribution in [0.25, 0.3) is 0 Å². The Balaban J connectivity index is 1.55. The molecule has 3 aromatic rings. The fourth-order valence-corrected chi connectivity index (χ4v) is 5.79. The van der Waals surface area contributed by atoms with Crippen LogP contribution in [-0.2, 0) is 16.4 Å². The molecule has 7 heteroatoms. The maximum Gasteiger partial charge on any atom is 0.264 e. The third-order valence-electron chi connectivity index (χ3n) is 5.76. The van der Waals surface area contributed by atoms with E-state index in [2.05, 4.69) is 5.32 Å². The fourth-order valence-electron chi connectivity index (χ4n) is 4.07. The van der Waals surface area contributed by atoms with Gasteiger partial charge < -0.3 is 10.1 Å². The Labute approximate surface area is 188 Å². The van der Waals surface area contributed by atoms with Crippen molar-refractivity contribution in [3.8, 4) is 5.75 Å². The van der Waals surface area contributed by atoms with Gasteiger partial charge in [0.25, 0.3) is 15.9 Å². The van der Waals surface area contributed by atoms with E-state index in [-0.39, 0.29) is 22.9 Å². The molecular weight excluding hydrogens is 424 g/mol. The van der Waals surface area contributed by atoms with E-state index in [1.165, 1.54) is 4.31 Å². The Morgan fingerprint density at radius 1 is 1.06 bits per heavy atom. The number of nitrogens with one attached hydrogen (secondary N) is 1. The lowest BCUT2D eigenvalue weighted by Gasteiger charge is -2.24. The molecule has 0 aromatic heterocycles. The second kappa shape index (κ2) is 8.67.